The van der Waals surface area contributed by atoms with E-state index in [-0.39, 0.29) is 11.8 Å². The minimum absolute atomic E-state index is 0.0152. The third-order valence-electron chi connectivity index (χ3n) is 2.86. The van der Waals surface area contributed by atoms with Crippen molar-refractivity contribution in [3.8, 4) is 0 Å². The van der Waals surface area contributed by atoms with Crippen LogP contribution in [0, 0.1) is 5.92 Å². The van der Waals surface area contributed by atoms with Gasteiger partial charge in [0.15, 0.2) is 0 Å². The monoisotopic (exact) mass is 272 g/mol. The molecule has 0 saturated carbocycles. The molecule has 1 heterocycles. The van der Waals surface area contributed by atoms with Crippen LogP contribution in [0.15, 0.2) is 18.2 Å². The summed E-state index contributed by atoms with van der Waals surface area (Å²) in [4.78, 5) is 12.0. The number of anilines is 1. The van der Waals surface area contributed by atoms with Crippen LogP contribution in [0.4, 0.5) is 5.69 Å². The molecule has 0 bridgehead atoms. The van der Waals surface area contributed by atoms with Crippen molar-refractivity contribution in [2.24, 2.45) is 5.92 Å². The first kappa shape index (κ1) is 12.7. The molecule has 5 heteroatoms. The highest BCUT2D eigenvalue weighted by Crippen LogP contribution is 2.26. The fraction of sp³-hybridized carbons (Fsp3) is 0.417. The summed E-state index contributed by atoms with van der Waals surface area (Å²) in [6.07, 6.45) is 1.95. The number of hydrogen-bond acceptors (Lipinski definition) is 2. The van der Waals surface area contributed by atoms with Gasteiger partial charge in [0.1, 0.15) is 0 Å². The summed E-state index contributed by atoms with van der Waals surface area (Å²) in [5, 5.41) is 7.08. The second-order valence-corrected chi connectivity index (χ2v) is 5.00. The number of nitrogens with one attached hydrogen (secondary N) is 2. The molecule has 1 saturated heterocycles. The number of halogens is 2. The lowest BCUT2D eigenvalue weighted by Crippen LogP contribution is -2.37. The largest absolute Gasteiger partial charge is 0.324 e. The maximum absolute atomic E-state index is 12.0. The third-order valence-corrected chi connectivity index (χ3v) is 3.40. The van der Waals surface area contributed by atoms with E-state index in [0.717, 1.165) is 25.9 Å². The molecule has 0 radical (unpaired) electrons. The van der Waals surface area contributed by atoms with Crippen molar-refractivity contribution in [1.29, 1.82) is 0 Å². The van der Waals surface area contributed by atoms with Gasteiger partial charge in [-0.25, -0.2) is 0 Å². The van der Waals surface area contributed by atoms with Gasteiger partial charge >= 0.3 is 0 Å². The first-order valence-electron chi connectivity index (χ1n) is 5.63. The second kappa shape index (κ2) is 5.71. The summed E-state index contributed by atoms with van der Waals surface area (Å²) in [5.41, 5.74) is 0.617. The Morgan fingerprint density at radius 2 is 2.24 bits per heavy atom. The van der Waals surface area contributed by atoms with Crippen LogP contribution in [-0.4, -0.2) is 19.0 Å². The molecule has 2 rings (SSSR count). The van der Waals surface area contributed by atoms with Gasteiger partial charge in [0.2, 0.25) is 5.91 Å². The zero-order valence-electron chi connectivity index (χ0n) is 9.30. The van der Waals surface area contributed by atoms with Crippen molar-refractivity contribution in [3.63, 3.8) is 0 Å². The molecular formula is C12H14Cl2N2O. The third kappa shape index (κ3) is 3.35. The van der Waals surface area contributed by atoms with Crippen LogP contribution < -0.4 is 10.6 Å². The van der Waals surface area contributed by atoms with E-state index >= 15 is 0 Å². The van der Waals surface area contributed by atoms with Gasteiger partial charge in [-0.1, -0.05) is 23.2 Å². The fourth-order valence-electron chi connectivity index (χ4n) is 1.90. The molecule has 17 heavy (non-hydrogen) atoms. The average molecular weight is 273 g/mol. The zero-order chi connectivity index (χ0) is 12.3. The maximum atomic E-state index is 12.0. The van der Waals surface area contributed by atoms with E-state index in [1.54, 1.807) is 18.2 Å². The molecule has 92 valence electrons. The molecule has 2 N–H and O–H groups in total. The molecule has 1 aromatic carbocycles. The van der Waals surface area contributed by atoms with Gasteiger partial charge in [0, 0.05) is 11.6 Å². The summed E-state index contributed by atoms with van der Waals surface area (Å²) in [6.45, 7) is 1.72. The Hall–Kier alpha value is -0.770. The van der Waals surface area contributed by atoms with Gasteiger partial charge in [-0.3, -0.25) is 4.79 Å². The number of carbonyl (C=O) groups is 1. The van der Waals surface area contributed by atoms with Crippen molar-refractivity contribution >= 4 is 34.8 Å². The number of benzene rings is 1. The molecule has 0 aromatic heterocycles. The summed E-state index contributed by atoms with van der Waals surface area (Å²) in [6, 6.07) is 5.05. The maximum Gasteiger partial charge on any atom is 0.228 e. The number of carbonyl (C=O) groups excluding carboxylic acids is 1. The molecule has 0 spiro atoms. The molecule has 1 aliphatic heterocycles. The van der Waals surface area contributed by atoms with Crippen molar-refractivity contribution in [1.82, 2.24) is 5.32 Å². The Kier molecular flexibility index (Phi) is 4.26. The molecule has 1 aromatic rings. The van der Waals surface area contributed by atoms with Crippen LogP contribution >= 0.6 is 23.2 Å². The number of amides is 1. The first-order chi connectivity index (χ1) is 8.16. The first-order valence-corrected chi connectivity index (χ1v) is 6.39. The van der Waals surface area contributed by atoms with Crippen molar-refractivity contribution in [2.75, 3.05) is 18.4 Å². The fourth-order valence-corrected chi connectivity index (χ4v) is 2.36. The Bertz CT molecular complexity index is 417. The quantitative estimate of drug-likeness (QED) is 0.869. The van der Waals surface area contributed by atoms with Gasteiger partial charge in [0.25, 0.3) is 0 Å². The van der Waals surface area contributed by atoms with Crippen molar-refractivity contribution < 1.29 is 4.79 Å². The standard InChI is InChI=1S/C12H14Cl2N2O/c13-9-3-4-11(10(14)6-9)16-12(17)8-2-1-5-15-7-8/h3-4,6,8,15H,1-2,5,7H2,(H,16,17). The van der Waals surface area contributed by atoms with E-state index in [9.17, 15) is 4.79 Å². The zero-order valence-corrected chi connectivity index (χ0v) is 10.8. The number of piperidine rings is 1. The predicted molar refractivity (Wildman–Crippen MR) is 70.7 cm³/mol. The summed E-state index contributed by atoms with van der Waals surface area (Å²) >= 11 is 11.8. The van der Waals surface area contributed by atoms with Crippen LogP contribution in [0.1, 0.15) is 12.8 Å². The van der Waals surface area contributed by atoms with E-state index in [4.69, 9.17) is 23.2 Å². The molecule has 1 fully saturated rings. The molecule has 3 nitrogen and oxygen atoms in total. The SMILES string of the molecule is O=C(Nc1ccc(Cl)cc1Cl)C1CCCNC1. The van der Waals surface area contributed by atoms with Crippen molar-refractivity contribution in [3.05, 3.63) is 28.2 Å². The smallest absolute Gasteiger partial charge is 0.228 e. The Morgan fingerprint density at radius 1 is 1.41 bits per heavy atom. The summed E-state index contributed by atoms with van der Waals surface area (Å²) in [5.74, 6) is 0.0388. The van der Waals surface area contributed by atoms with Crippen LogP contribution in [0.25, 0.3) is 0 Å². The average Bonchev–Trinajstić information content (AvgIpc) is 2.34. The second-order valence-electron chi connectivity index (χ2n) is 4.16. The Morgan fingerprint density at radius 3 is 2.88 bits per heavy atom. The minimum atomic E-state index is 0.0152. The van der Waals surface area contributed by atoms with Gasteiger partial charge in [-0.05, 0) is 37.6 Å². The van der Waals surface area contributed by atoms with Crippen LogP contribution in [-0.2, 0) is 4.79 Å². The molecule has 0 aliphatic carbocycles. The van der Waals surface area contributed by atoms with Crippen LogP contribution in [0.3, 0.4) is 0 Å². The van der Waals surface area contributed by atoms with Crippen molar-refractivity contribution in [2.45, 2.75) is 12.8 Å². The predicted octanol–water partition coefficient (Wildman–Crippen LogP) is 2.93. The lowest BCUT2D eigenvalue weighted by atomic mass is 9.99. The Labute approximate surface area is 110 Å². The molecule has 1 aliphatic rings. The summed E-state index contributed by atoms with van der Waals surface area (Å²) < 4.78 is 0. The van der Waals surface area contributed by atoms with E-state index in [1.807, 2.05) is 0 Å². The summed E-state index contributed by atoms with van der Waals surface area (Å²) in [7, 11) is 0. The molecule has 1 amide bonds. The van der Waals surface area contributed by atoms with E-state index in [2.05, 4.69) is 10.6 Å². The topological polar surface area (TPSA) is 41.1 Å². The van der Waals surface area contributed by atoms with Crippen LogP contribution in [0.2, 0.25) is 10.0 Å². The van der Waals surface area contributed by atoms with E-state index < -0.39 is 0 Å². The van der Waals surface area contributed by atoms with Crippen LogP contribution in [0.5, 0.6) is 0 Å². The number of hydrogen-bond donors (Lipinski definition) is 2. The lowest BCUT2D eigenvalue weighted by molar-refractivity contribution is -0.120. The highest BCUT2D eigenvalue weighted by Gasteiger charge is 2.21. The minimum Gasteiger partial charge on any atom is -0.324 e. The highest BCUT2D eigenvalue weighted by molar-refractivity contribution is 6.36. The lowest BCUT2D eigenvalue weighted by Gasteiger charge is -2.22. The molecule has 1 atom stereocenters. The van der Waals surface area contributed by atoms with Gasteiger partial charge in [-0.15, -0.1) is 0 Å². The normalized spacial score (nSPS) is 20.0. The van der Waals surface area contributed by atoms with E-state index in [1.165, 1.54) is 0 Å². The van der Waals surface area contributed by atoms with Gasteiger partial charge < -0.3 is 10.6 Å². The highest BCUT2D eigenvalue weighted by atomic mass is 35.5. The number of rotatable bonds is 2. The molecular weight excluding hydrogens is 259 g/mol. The van der Waals surface area contributed by atoms with Gasteiger partial charge in [-0.2, -0.15) is 0 Å². The molecule has 1 unspecified atom stereocenters. The Balaban J connectivity index is 2.02. The van der Waals surface area contributed by atoms with Gasteiger partial charge in [0.05, 0.1) is 16.6 Å². The van der Waals surface area contributed by atoms with E-state index in [0.29, 0.717) is 15.7 Å².